The zero-order valence-corrected chi connectivity index (χ0v) is 7.75. The van der Waals surface area contributed by atoms with Crippen molar-refractivity contribution in [2.24, 2.45) is 0 Å². The predicted molar refractivity (Wildman–Crippen MR) is 50.2 cm³/mol. The number of hydrogen-bond donors (Lipinski definition) is 1. The molecule has 0 aromatic heterocycles. The lowest BCUT2D eigenvalue weighted by molar-refractivity contribution is -0.129. The third-order valence-electron chi connectivity index (χ3n) is 2.26. The minimum atomic E-state index is 0. The highest BCUT2D eigenvalue weighted by molar-refractivity contribution is 5.87. The van der Waals surface area contributed by atoms with Gasteiger partial charge in [-0.1, -0.05) is 6.58 Å². The fourth-order valence-electron chi connectivity index (χ4n) is 1.54. The van der Waals surface area contributed by atoms with Gasteiger partial charge < -0.3 is 11.1 Å². The van der Waals surface area contributed by atoms with Gasteiger partial charge >= 0.3 is 0 Å². The first-order valence-corrected chi connectivity index (χ1v) is 4.18. The van der Waals surface area contributed by atoms with Crippen molar-refractivity contribution in [3.05, 3.63) is 12.7 Å². The lowest BCUT2D eigenvalue weighted by atomic mass is 10.0. The molecule has 70 valence electrons. The highest BCUT2D eigenvalue weighted by Crippen LogP contribution is 2.16. The summed E-state index contributed by atoms with van der Waals surface area (Å²) in [5, 5.41) is 0. The second-order valence-corrected chi connectivity index (χ2v) is 3.08. The number of amides is 1. The van der Waals surface area contributed by atoms with Crippen LogP contribution >= 0.6 is 0 Å². The molecule has 0 aliphatic carbocycles. The molecule has 3 N–H and O–H groups in total. The van der Waals surface area contributed by atoms with Crippen LogP contribution in [0.5, 0.6) is 0 Å². The molecule has 1 fully saturated rings. The largest absolute Gasteiger partial charge is 0.344 e. The zero-order valence-electron chi connectivity index (χ0n) is 7.75. The highest BCUT2D eigenvalue weighted by Gasteiger charge is 2.20. The molecule has 0 spiro atoms. The smallest absolute Gasteiger partial charge is 0.246 e. The maximum absolute atomic E-state index is 11.2. The van der Waals surface area contributed by atoms with Gasteiger partial charge in [-0.2, -0.15) is 0 Å². The molecule has 12 heavy (non-hydrogen) atoms. The summed E-state index contributed by atoms with van der Waals surface area (Å²) < 4.78 is 0. The van der Waals surface area contributed by atoms with Crippen molar-refractivity contribution in [3.8, 4) is 0 Å². The normalized spacial score (nSPS) is 22.8. The van der Waals surface area contributed by atoms with E-state index in [2.05, 4.69) is 13.5 Å². The summed E-state index contributed by atoms with van der Waals surface area (Å²) in [7, 11) is 0. The van der Waals surface area contributed by atoms with Crippen LogP contribution in [-0.2, 0) is 4.79 Å². The highest BCUT2D eigenvalue weighted by atomic mass is 16.2. The van der Waals surface area contributed by atoms with Crippen molar-refractivity contribution >= 4 is 5.91 Å². The minimum Gasteiger partial charge on any atom is -0.344 e. The van der Waals surface area contributed by atoms with E-state index in [0.29, 0.717) is 6.04 Å². The molecule has 0 aromatic rings. The van der Waals surface area contributed by atoms with Crippen molar-refractivity contribution in [1.82, 2.24) is 11.1 Å². The van der Waals surface area contributed by atoms with Crippen molar-refractivity contribution in [1.29, 1.82) is 0 Å². The maximum Gasteiger partial charge on any atom is 0.246 e. The molecular weight excluding hydrogens is 152 g/mol. The Balaban J connectivity index is 0.00000121. The Kier molecular flexibility index (Phi) is 4.59. The Morgan fingerprint density at radius 2 is 2.25 bits per heavy atom. The van der Waals surface area contributed by atoms with Gasteiger partial charge in [-0.3, -0.25) is 4.79 Å². The molecule has 1 heterocycles. The average Bonchev–Trinajstić information content (AvgIpc) is 2.04. The van der Waals surface area contributed by atoms with Crippen LogP contribution in [0.15, 0.2) is 12.7 Å². The molecule has 1 rings (SSSR count). The van der Waals surface area contributed by atoms with Gasteiger partial charge in [-0.15, -0.1) is 0 Å². The molecule has 1 saturated heterocycles. The molecular formula is C9H18N2O. The minimum absolute atomic E-state index is 0. The molecule has 1 aliphatic rings. The van der Waals surface area contributed by atoms with E-state index in [0.717, 1.165) is 19.4 Å². The topological polar surface area (TPSA) is 55.3 Å². The van der Waals surface area contributed by atoms with Crippen LogP contribution in [-0.4, -0.2) is 23.4 Å². The zero-order chi connectivity index (χ0) is 8.27. The first kappa shape index (κ1) is 11.2. The van der Waals surface area contributed by atoms with Gasteiger partial charge in [0.05, 0.1) is 0 Å². The number of nitrogens with zero attached hydrogens (tertiary/aromatic N) is 1. The SMILES string of the molecule is C=CC(=O)N1CCCCC1C.N. The molecule has 1 amide bonds. The summed E-state index contributed by atoms with van der Waals surface area (Å²) in [5.41, 5.74) is 0. The third kappa shape index (κ3) is 2.34. The summed E-state index contributed by atoms with van der Waals surface area (Å²) in [4.78, 5) is 13.1. The summed E-state index contributed by atoms with van der Waals surface area (Å²) >= 11 is 0. The lowest BCUT2D eigenvalue weighted by Crippen LogP contribution is -2.40. The van der Waals surface area contributed by atoms with E-state index in [4.69, 9.17) is 0 Å². The molecule has 0 radical (unpaired) electrons. The lowest BCUT2D eigenvalue weighted by Gasteiger charge is -2.32. The van der Waals surface area contributed by atoms with Crippen molar-refractivity contribution in [2.75, 3.05) is 6.54 Å². The number of carbonyl (C=O) groups excluding carboxylic acids is 1. The summed E-state index contributed by atoms with van der Waals surface area (Å²) in [6, 6.07) is 0.411. The van der Waals surface area contributed by atoms with Gasteiger partial charge in [-0.25, -0.2) is 0 Å². The quantitative estimate of drug-likeness (QED) is 0.609. The molecule has 0 saturated carbocycles. The van der Waals surface area contributed by atoms with Crippen LogP contribution < -0.4 is 6.15 Å². The second-order valence-electron chi connectivity index (χ2n) is 3.08. The number of likely N-dealkylation sites (tertiary alicyclic amines) is 1. The maximum atomic E-state index is 11.2. The van der Waals surface area contributed by atoms with Gasteiger partial charge in [0, 0.05) is 12.6 Å². The monoisotopic (exact) mass is 170 g/mol. The first-order valence-electron chi connectivity index (χ1n) is 4.18. The number of carbonyl (C=O) groups is 1. The van der Waals surface area contributed by atoms with Crippen LogP contribution in [0.25, 0.3) is 0 Å². The van der Waals surface area contributed by atoms with Crippen LogP contribution in [0.2, 0.25) is 0 Å². The van der Waals surface area contributed by atoms with E-state index in [-0.39, 0.29) is 12.1 Å². The van der Waals surface area contributed by atoms with E-state index in [1.54, 1.807) is 0 Å². The Labute approximate surface area is 74.0 Å². The van der Waals surface area contributed by atoms with Crippen LogP contribution in [0, 0.1) is 0 Å². The fourth-order valence-corrected chi connectivity index (χ4v) is 1.54. The van der Waals surface area contributed by atoms with Gasteiger partial charge in [-0.05, 0) is 32.3 Å². The van der Waals surface area contributed by atoms with Gasteiger partial charge in [0.2, 0.25) is 5.91 Å². The van der Waals surface area contributed by atoms with E-state index < -0.39 is 0 Å². The number of piperidine rings is 1. The molecule has 3 heteroatoms. The van der Waals surface area contributed by atoms with Gasteiger partial charge in [0.25, 0.3) is 0 Å². The Bertz CT molecular complexity index is 168. The van der Waals surface area contributed by atoms with Crippen molar-refractivity contribution < 1.29 is 4.79 Å². The Morgan fingerprint density at radius 1 is 1.58 bits per heavy atom. The predicted octanol–water partition coefficient (Wildman–Crippen LogP) is 1.74. The van der Waals surface area contributed by atoms with Crippen LogP contribution in [0.3, 0.4) is 0 Å². The third-order valence-corrected chi connectivity index (χ3v) is 2.26. The van der Waals surface area contributed by atoms with Crippen molar-refractivity contribution in [3.63, 3.8) is 0 Å². The van der Waals surface area contributed by atoms with Gasteiger partial charge in [0.15, 0.2) is 0 Å². The van der Waals surface area contributed by atoms with E-state index in [9.17, 15) is 4.79 Å². The van der Waals surface area contributed by atoms with E-state index >= 15 is 0 Å². The summed E-state index contributed by atoms with van der Waals surface area (Å²) in [5.74, 6) is 0.0807. The average molecular weight is 170 g/mol. The van der Waals surface area contributed by atoms with Crippen LogP contribution in [0.4, 0.5) is 0 Å². The fraction of sp³-hybridized carbons (Fsp3) is 0.667. The molecule has 1 unspecified atom stereocenters. The first-order chi connectivity index (χ1) is 5.25. The standard InChI is InChI=1S/C9H15NO.H3N/c1-3-9(11)10-7-5-4-6-8(10)2;/h3,8H,1,4-7H2,2H3;1H3. The summed E-state index contributed by atoms with van der Waals surface area (Å²) in [6.07, 6.45) is 4.94. The van der Waals surface area contributed by atoms with E-state index in [1.807, 2.05) is 4.90 Å². The number of rotatable bonds is 1. The number of hydrogen-bond acceptors (Lipinski definition) is 2. The second kappa shape index (κ2) is 4.93. The molecule has 3 nitrogen and oxygen atoms in total. The van der Waals surface area contributed by atoms with Crippen LogP contribution in [0.1, 0.15) is 26.2 Å². The molecule has 0 bridgehead atoms. The molecule has 1 atom stereocenters. The Hall–Kier alpha value is -0.830. The van der Waals surface area contributed by atoms with Crippen molar-refractivity contribution in [2.45, 2.75) is 32.2 Å². The summed E-state index contributed by atoms with van der Waals surface area (Å²) in [6.45, 7) is 6.49. The Morgan fingerprint density at radius 3 is 2.75 bits per heavy atom. The van der Waals surface area contributed by atoms with E-state index in [1.165, 1.54) is 12.5 Å². The molecule has 1 aliphatic heterocycles. The van der Waals surface area contributed by atoms with Gasteiger partial charge in [0.1, 0.15) is 0 Å². The molecule has 0 aromatic carbocycles.